The SMILES string of the molecule is O=C1[C@H]2[C@H]3[C@H](O)[C@H](O)CC(=NOCc4ccccc4)[C@H]3CC[C@H]2C(=O)N1c1ccc(F)cc1F. The van der Waals surface area contributed by atoms with Gasteiger partial charge >= 0.3 is 0 Å². The third-order valence-electron chi connectivity index (χ3n) is 7.19. The molecule has 1 heterocycles. The molecule has 1 saturated heterocycles. The van der Waals surface area contributed by atoms with Crippen LogP contribution < -0.4 is 4.90 Å². The molecule has 2 saturated carbocycles. The number of halogens is 2. The van der Waals surface area contributed by atoms with Crippen LogP contribution in [0.25, 0.3) is 0 Å². The van der Waals surface area contributed by atoms with Gasteiger partial charge < -0.3 is 15.1 Å². The van der Waals surface area contributed by atoms with Gasteiger partial charge in [-0.05, 0) is 30.5 Å². The van der Waals surface area contributed by atoms with Crippen molar-refractivity contribution in [3.8, 4) is 0 Å². The lowest BCUT2D eigenvalue weighted by Gasteiger charge is -2.45. The summed E-state index contributed by atoms with van der Waals surface area (Å²) in [6, 6.07) is 12.1. The molecule has 6 atom stereocenters. The van der Waals surface area contributed by atoms with Crippen molar-refractivity contribution in [3.63, 3.8) is 0 Å². The summed E-state index contributed by atoms with van der Waals surface area (Å²) in [6.45, 7) is 0.224. The number of amides is 2. The normalized spacial score (nSPS) is 32.0. The van der Waals surface area contributed by atoms with E-state index in [4.69, 9.17) is 4.84 Å². The number of fused-ring (bicyclic) bond motifs is 3. The van der Waals surface area contributed by atoms with E-state index in [9.17, 15) is 28.6 Å². The van der Waals surface area contributed by atoms with Gasteiger partial charge in [-0.2, -0.15) is 0 Å². The number of aliphatic hydroxyl groups excluding tert-OH is 2. The van der Waals surface area contributed by atoms with E-state index in [0.29, 0.717) is 24.6 Å². The lowest BCUT2D eigenvalue weighted by Crippen LogP contribution is -2.54. The molecule has 2 N–H and O–H groups in total. The maximum absolute atomic E-state index is 14.4. The van der Waals surface area contributed by atoms with E-state index in [0.717, 1.165) is 22.6 Å². The Balaban J connectivity index is 1.42. The molecule has 0 aromatic heterocycles. The van der Waals surface area contributed by atoms with Crippen LogP contribution in [-0.4, -0.2) is 39.9 Å². The second-order valence-corrected chi connectivity index (χ2v) is 9.10. The molecule has 0 spiro atoms. The number of benzene rings is 2. The van der Waals surface area contributed by atoms with Crippen LogP contribution in [0.5, 0.6) is 0 Å². The Bertz CT molecular complexity index is 1140. The van der Waals surface area contributed by atoms with E-state index in [-0.39, 0.29) is 24.6 Å². The maximum atomic E-state index is 14.4. The molecule has 2 aromatic carbocycles. The first-order valence-electron chi connectivity index (χ1n) is 11.3. The maximum Gasteiger partial charge on any atom is 0.238 e. The monoisotopic (exact) mass is 470 g/mol. The lowest BCUT2D eigenvalue weighted by molar-refractivity contribution is -0.132. The van der Waals surface area contributed by atoms with Crippen molar-refractivity contribution in [1.82, 2.24) is 0 Å². The highest BCUT2D eigenvalue weighted by atomic mass is 19.1. The summed E-state index contributed by atoms with van der Waals surface area (Å²) < 4.78 is 27.8. The van der Waals surface area contributed by atoms with E-state index in [1.54, 1.807) is 0 Å². The van der Waals surface area contributed by atoms with Crippen LogP contribution in [0.4, 0.5) is 14.5 Å². The highest BCUT2D eigenvalue weighted by Gasteiger charge is 2.60. The molecule has 34 heavy (non-hydrogen) atoms. The molecule has 2 amide bonds. The molecule has 3 fully saturated rings. The Labute approximate surface area is 194 Å². The summed E-state index contributed by atoms with van der Waals surface area (Å²) in [6.07, 6.45) is -1.54. The Morgan fingerprint density at radius 3 is 2.47 bits per heavy atom. The topological polar surface area (TPSA) is 99.4 Å². The molecule has 9 heteroatoms. The fourth-order valence-corrected chi connectivity index (χ4v) is 5.64. The fraction of sp³-hybridized carbons (Fsp3) is 0.400. The highest BCUT2D eigenvalue weighted by Crippen LogP contribution is 2.50. The molecule has 0 bridgehead atoms. The molecule has 178 valence electrons. The van der Waals surface area contributed by atoms with Gasteiger partial charge in [-0.3, -0.25) is 9.59 Å². The predicted octanol–water partition coefficient (Wildman–Crippen LogP) is 2.79. The lowest BCUT2D eigenvalue weighted by atomic mass is 9.60. The molecule has 1 aliphatic heterocycles. The van der Waals surface area contributed by atoms with Crippen molar-refractivity contribution in [2.75, 3.05) is 4.90 Å². The number of rotatable bonds is 4. The zero-order valence-corrected chi connectivity index (χ0v) is 18.2. The van der Waals surface area contributed by atoms with E-state index >= 15 is 0 Å². The summed E-state index contributed by atoms with van der Waals surface area (Å²) in [5.74, 6) is -5.92. The van der Waals surface area contributed by atoms with Gasteiger partial charge in [-0.15, -0.1) is 0 Å². The number of carbonyl (C=O) groups is 2. The number of aliphatic hydroxyl groups is 2. The molecular weight excluding hydrogens is 446 g/mol. The van der Waals surface area contributed by atoms with Gasteiger partial charge in [-0.25, -0.2) is 13.7 Å². The molecule has 2 aliphatic carbocycles. The van der Waals surface area contributed by atoms with Crippen LogP contribution in [0.1, 0.15) is 24.8 Å². The first-order valence-corrected chi connectivity index (χ1v) is 11.3. The quantitative estimate of drug-likeness (QED) is 0.529. The third-order valence-corrected chi connectivity index (χ3v) is 7.19. The van der Waals surface area contributed by atoms with Gasteiger partial charge in [0.15, 0.2) is 0 Å². The number of imide groups is 1. The number of hydrogen-bond acceptors (Lipinski definition) is 6. The first-order chi connectivity index (χ1) is 16.4. The van der Waals surface area contributed by atoms with Gasteiger partial charge in [-0.1, -0.05) is 35.5 Å². The largest absolute Gasteiger partial charge is 0.391 e. The molecular formula is C25H24F2N2O5. The van der Waals surface area contributed by atoms with E-state index in [1.165, 1.54) is 0 Å². The van der Waals surface area contributed by atoms with Crippen molar-refractivity contribution in [2.24, 2.45) is 28.8 Å². The summed E-state index contributed by atoms with van der Waals surface area (Å²) in [5.41, 5.74) is 1.13. The average Bonchev–Trinajstić information content (AvgIpc) is 3.07. The highest BCUT2D eigenvalue weighted by molar-refractivity contribution is 6.22. The summed E-state index contributed by atoms with van der Waals surface area (Å²) >= 11 is 0. The molecule has 2 aromatic rings. The zero-order chi connectivity index (χ0) is 24.0. The Hall–Kier alpha value is -3.17. The second-order valence-electron chi connectivity index (χ2n) is 9.10. The van der Waals surface area contributed by atoms with Crippen LogP contribution in [0.15, 0.2) is 53.7 Å². The minimum Gasteiger partial charge on any atom is -0.391 e. The van der Waals surface area contributed by atoms with Gasteiger partial charge in [0.25, 0.3) is 0 Å². The molecule has 0 unspecified atom stereocenters. The van der Waals surface area contributed by atoms with Crippen LogP contribution in [0.2, 0.25) is 0 Å². The van der Waals surface area contributed by atoms with Crippen molar-refractivity contribution in [1.29, 1.82) is 0 Å². The van der Waals surface area contributed by atoms with E-state index in [2.05, 4.69) is 5.16 Å². The van der Waals surface area contributed by atoms with Crippen LogP contribution in [-0.2, 0) is 21.0 Å². The van der Waals surface area contributed by atoms with E-state index in [1.807, 2.05) is 30.3 Å². The predicted molar refractivity (Wildman–Crippen MR) is 117 cm³/mol. The van der Waals surface area contributed by atoms with Gasteiger partial charge in [0.2, 0.25) is 11.8 Å². The number of hydrogen-bond donors (Lipinski definition) is 2. The van der Waals surface area contributed by atoms with Gasteiger partial charge in [0, 0.05) is 24.3 Å². The van der Waals surface area contributed by atoms with Crippen LogP contribution in [0.3, 0.4) is 0 Å². The Morgan fingerprint density at radius 2 is 1.74 bits per heavy atom. The standard InChI is InChI=1S/C25H24F2N2O5/c26-14-6-9-19(17(27)10-14)29-24(32)16-8-7-15-18(28-34-12-13-4-2-1-3-5-13)11-20(30)23(31)21(15)22(16)25(29)33/h1-6,9-10,15-16,20-23,30-31H,7-8,11-12H2/t15-,16-,20-,21+,22-,23-/m1/s1. The summed E-state index contributed by atoms with van der Waals surface area (Å²) in [5, 5.41) is 25.6. The molecule has 0 radical (unpaired) electrons. The minimum atomic E-state index is -1.25. The Morgan fingerprint density at radius 1 is 1.00 bits per heavy atom. The van der Waals surface area contributed by atoms with Gasteiger partial charge in [0.05, 0.1) is 35.4 Å². The van der Waals surface area contributed by atoms with Crippen molar-refractivity contribution in [3.05, 3.63) is 65.7 Å². The summed E-state index contributed by atoms with van der Waals surface area (Å²) in [4.78, 5) is 32.8. The van der Waals surface area contributed by atoms with E-state index < -0.39 is 53.4 Å². The van der Waals surface area contributed by atoms with Crippen LogP contribution in [0, 0.1) is 35.3 Å². The molecule has 5 rings (SSSR count). The number of anilines is 1. The molecule has 3 aliphatic rings. The number of carbonyl (C=O) groups excluding carboxylic acids is 2. The van der Waals surface area contributed by atoms with Crippen molar-refractivity contribution in [2.45, 2.75) is 38.1 Å². The summed E-state index contributed by atoms with van der Waals surface area (Å²) in [7, 11) is 0. The smallest absolute Gasteiger partial charge is 0.238 e. The zero-order valence-electron chi connectivity index (χ0n) is 18.2. The molecule has 7 nitrogen and oxygen atoms in total. The fourth-order valence-electron chi connectivity index (χ4n) is 5.64. The Kier molecular flexibility index (Phi) is 5.91. The minimum absolute atomic E-state index is 0.0902. The second kappa shape index (κ2) is 8.88. The van der Waals surface area contributed by atoms with Crippen LogP contribution >= 0.6 is 0 Å². The van der Waals surface area contributed by atoms with Gasteiger partial charge in [0.1, 0.15) is 18.2 Å². The average molecular weight is 470 g/mol. The number of oxime groups is 1. The number of nitrogens with zero attached hydrogens (tertiary/aromatic N) is 2. The third kappa shape index (κ3) is 3.78. The van der Waals surface area contributed by atoms with Crippen molar-refractivity contribution < 1.29 is 33.4 Å². The first kappa shape index (κ1) is 22.6. The van der Waals surface area contributed by atoms with Crippen molar-refractivity contribution >= 4 is 23.2 Å².